The molecule has 2 atom stereocenters. The average molecular weight is 413 g/mol. The predicted molar refractivity (Wildman–Crippen MR) is 112 cm³/mol. The van der Waals surface area contributed by atoms with Crippen molar-refractivity contribution in [2.45, 2.75) is 45.2 Å². The Morgan fingerprint density at radius 2 is 2.00 bits per heavy atom. The van der Waals surface area contributed by atoms with Gasteiger partial charge < -0.3 is 26.1 Å². The molecule has 0 fully saturated rings. The normalized spacial score (nSPS) is 12.8. The number of primary amides is 1. The van der Waals surface area contributed by atoms with Crippen LogP contribution in [0.4, 0.5) is 0 Å². The zero-order valence-electron chi connectivity index (χ0n) is 17.3. The highest BCUT2D eigenvalue weighted by molar-refractivity contribution is 6.01. The number of amides is 3. The molecule has 1 aromatic heterocycles. The number of hydrogen-bond donors (Lipinski definition) is 4. The Labute approximate surface area is 174 Å². The summed E-state index contributed by atoms with van der Waals surface area (Å²) in [6.45, 7) is 3.85. The molecule has 1 heterocycles. The van der Waals surface area contributed by atoms with Crippen molar-refractivity contribution in [2.24, 2.45) is 11.7 Å². The molecule has 2 aromatic rings. The van der Waals surface area contributed by atoms with Crippen LogP contribution >= 0.6 is 0 Å². The smallest absolute Gasteiger partial charge is 0.268 e. The Bertz CT molecular complexity index is 960. The maximum Gasteiger partial charge on any atom is 0.268 e. The molecule has 9 heteroatoms. The highest BCUT2D eigenvalue weighted by Gasteiger charge is 2.25. The lowest BCUT2D eigenvalue weighted by atomic mass is 10.0. The zero-order valence-corrected chi connectivity index (χ0v) is 17.3. The zero-order chi connectivity index (χ0) is 22.3. The fraction of sp³-hybridized carbons (Fsp3) is 0.429. The number of aromatic nitrogens is 1. The van der Waals surface area contributed by atoms with E-state index in [4.69, 9.17) is 10.5 Å². The van der Waals surface area contributed by atoms with Crippen LogP contribution in [0.15, 0.2) is 24.3 Å². The summed E-state index contributed by atoms with van der Waals surface area (Å²) in [5.41, 5.74) is 6.13. The van der Waals surface area contributed by atoms with Crippen LogP contribution in [0.5, 0.6) is 5.75 Å². The lowest BCUT2D eigenvalue weighted by molar-refractivity contribution is -0.124. The van der Waals surface area contributed by atoms with Gasteiger partial charge in [-0.3, -0.25) is 14.4 Å². The summed E-state index contributed by atoms with van der Waals surface area (Å²) in [5.74, 6) is -0.729. The van der Waals surface area contributed by atoms with E-state index < -0.39 is 29.8 Å². The van der Waals surface area contributed by atoms with Gasteiger partial charge >= 0.3 is 0 Å². The molecule has 0 bridgehead atoms. The Morgan fingerprint density at radius 1 is 1.27 bits per heavy atom. The Kier molecular flexibility index (Phi) is 7.81. The molecule has 5 N–H and O–H groups in total. The number of nitrogens with two attached hydrogens (primary N) is 1. The monoisotopic (exact) mass is 413 g/mol. The first kappa shape index (κ1) is 22.7. The Balaban J connectivity index is 2.15. The number of nitrogens with one attached hydrogen (secondary N) is 3. The van der Waals surface area contributed by atoms with E-state index in [1.165, 1.54) is 0 Å². The van der Waals surface area contributed by atoms with Crippen molar-refractivity contribution in [1.29, 1.82) is 5.26 Å². The summed E-state index contributed by atoms with van der Waals surface area (Å²) in [5, 5.41) is 15.3. The number of carbonyl (C=O) groups excluding carboxylic acids is 3. The number of rotatable bonds is 10. The maximum absolute atomic E-state index is 12.8. The minimum Gasteiger partial charge on any atom is -0.496 e. The summed E-state index contributed by atoms with van der Waals surface area (Å²) in [6.07, 6.45) is 0.480. The van der Waals surface area contributed by atoms with E-state index in [1.807, 2.05) is 32.0 Å². The van der Waals surface area contributed by atoms with E-state index in [0.717, 1.165) is 10.9 Å². The van der Waals surface area contributed by atoms with Crippen LogP contribution in [-0.2, 0) is 9.59 Å². The molecule has 0 saturated carbocycles. The van der Waals surface area contributed by atoms with Gasteiger partial charge in [0.2, 0.25) is 11.8 Å². The predicted octanol–water partition coefficient (Wildman–Crippen LogP) is 1.59. The number of carbonyl (C=O) groups is 3. The first-order chi connectivity index (χ1) is 14.2. The lowest BCUT2D eigenvalue weighted by Gasteiger charge is -2.21. The number of aromatic amines is 1. The molecular formula is C21H27N5O4. The highest BCUT2D eigenvalue weighted by atomic mass is 16.5. The average Bonchev–Trinajstić information content (AvgIpc) is 3.14. The number of nitrogens with zero attached hydrogens (tertiary/aromatic N) is 1. The minimum absolute atomic E-state index is 0.0173. The van der Waals surface area contributed by atoms with Gasteiger partial charge in [-0.05, 0) is 37.0 Å². The van der Waals surface area contributed by atoms with E-state index in [1.54, 1.807) is 19.2 Å². The van der Waals surface area contributed by atoms with Crippen LogP contribution in [0.2, 0.25) is 0 Å². The number of methoxy groups -OCH3 is 1. The summed E-state index contributed by atoms with van der Waals surface area (Å²) in [6, 6.07) is 7.32. The van der Waals surface area contributed by atoms with Crippen LogP contribution in [-0.4, -0.2) is 41.9 Å². The topological polar surface area (TPSA) is 150 Å². The van der Waals surface area contributed by atoms with Gasteiger partial charge in [0, 0.05) is 17.3 Å². The SMILES string of the molecule is COc1cccc2[nH]c(C(=O)N[C@@H](CC(C)C)C(=O)N[C@H](C#N)CCC(N)=O)cc12. The van der Waals surface area contributed by atoms with Gasteiger partial charge in [-0.15, -0.1) is 0 Å². The van der Waals surface area contributed by atoms with Crippen molar-refractivity contribution in [3.05, 3.63) is 30.0 Å². The van der Waals surface area contributed by atoms with Gasteiger partial charge in [0.25, 0.3) is 5.91 Å². The summed E-state index contributed by atoms with van der Waals surface area (Å²) < 4.78 is 5.31. The van der Waals surface area contributed by atoms with E-state index in [2.05, 4.69) is 15.6 Å². The summed E-state index contributed by atoms with van der Waals surface area (Å²) in [7, 11) is 1.55. The van der Waals surface area contributed by atoms with Crippen molar-refractivity contribution < 1.29 is 19.1 Å². The molecule has 1 aromatic carbocycles. The summed E-state index contributed by atoms with van der Waals surface area (Å²) in [4.78, 5) is 39.5. The third-order valence-corrected chi connectivity index (χ3v) is 4.57. The second-order valence-corrected chi connectivity index (χ2v) is 7.46. The Morgan fingerprint density at radius 3 is 2.60 bits per heavy atom. The first-order valence-electron chi connectivity index (χ1n) is 9.70. The lowest BCUT2D eigenvalue weighted by Crippen LogP contribution is -2.50. The van der Waals surface area contributed by atoms with Crippen LogP contribution in [0.3, 0.4) is 0 Å². The number of benzene rings is 1. The Hall–Kier alpha value is -3.54. The molecule has 3 amide bonds. The minimum atomic E-state index is -0.867. The first-order valence-corrected chi connectivity index (χ1v) is 9.70. The second-order valence-electron chi connectivity index (χ2n) is 7.46. The molecule has 0 saturated heterocycles. The molecular weight excluding hydrogens is 386 g/mol. The third kappa shape index (κ3) is 5.98. The quantitative estimate of drug-likeness (QED) is 0.466. The molecule has 0 unspecified atom stereocenters. The molecule has 160 valence electrons. The number of hydrogen-bond acceptors (Lipinski definition) is 5. The van der Waals surface area contributed by atoms with Gasteiger partial charge in [-0.2, -0.15) is 5.26 Å². The number of H-pyrrole nitrogens is 1. The van der Waals surface area contributed by atoms with E-state index in [-0.39, 0.29) is 18.8 Å². The van der Waals surface area contributed by atoms with Gasteiger partial charge in [0.15, 0.2) is 0 Å². The molecule has 0 spiro atoms. The van der Waals surface area contributed by atoms with Gasteiger partial charge in [0.1, 0.15) is 23.5 Å². The fourth-order valence-corrected chi connectivity index (χ4v) is 3.09. The molecule has 0 aliphatic rings. The van der Waals surface area contributed by atoms with Crippen LogP contribution in [0.1, 0.15) is 43.6 Å². The van der Waals surface area contributed by atoms with E-state index in [0.29, 0.717) is 17.9 Å². The van der Waals surface area contributed by atoms with E-state index in [9.17, 15) is 19.6 Å². The number of fused-ring (bicyclic) bond motifs is 1. The standard InChI is InChI=1S/C21H27N5O4/c1-12(2)9-16(20(28)24-13(11-22)7-8-19(23)27)26-21(29)17-10-14-15(25-17)5-4-6-18(14)30-3/h4-6,10,12-13,16,25H,7-9H2,1-3H3,(H2,23,27)(H,24,28)(H,26,29)/t13-,16-/m0/s1. The van der Waals surface area contributed by atoms with Gasteiger partial charge in [0.05, 0.1) is 13.2 Å². The van der Waals surface area contributed by atoms with Crippen molar-refractivity contribution in [3.63, 3.8) is 0 Å². The third-order valence-electron chi connectivity index (χ3n) is 4.57. The van der Waals surface area contributed by atoms with Crippen molar-refractivity contribution in [3.8, 4) is 11.8 Å². The van der Waals surface area contributed by atoms with Crippen LogP contribution < -0.4 is 21.1 Å². The maximum atomic E-state index is 12.8. The number of nitriles is 1. The fourth-order valence-electron chi connectivity index (χ4n) is 3.09. The van der Waals surface area contributed by atoms with Crippen molar-refractivity contribution in [1.82, 2.24) is 15.6 Å². The molecule has 30 heavy (non-hydrogen) atoms. The molecule has 9 nitrogen and oxygen atoms in total. The highest BCUT2D eigenvalue weighted by Crippen LogP contribution is 2.26. The van der Waals surface area contributed by atoms with Crippen molar-refractivity contribution >= 4 is 28.6 Å². The molecule has 2 rings (SSSR count). The van der Waals surface area contributed by atoms with Gasteiger partial charge in [-0.1, -0.05) is 19.9 Å². The summed E-state index contributed by atoms with van der Waals surface area (Å²) >= 11 is 0. The molecule has 0 radical (unpaired) electrons. The van der Waals surface area contributed by atoms with Gasteiger partial charge in [-0.25, -0.2) is 0 Å². The second kappa shape index (κ2) is 10.3. The molecule has 0 aliphatic heterocycles. The van der Waals surface area contributed by atoms with Crippen LogP contribution in [0.25, 0.3) is 10.9 Å². The molecule has 0 aliphatic carbocycles. The number of ether oxygens (including phenoxy) is 1. The van der Waals surface area contributed by atoms with Crippen molar-refractivity contribution in [2.75, 3.05) is 7.11 Å². The van der Waals surface area contributed by atoms with E-state index >= 15 is 0 Å². The van der Waals surface area contributed by atoms with Crippen LogP contribution in [0, 0.1) is 17.2 Å². The largest absolute Gasteiger partial charge is 0.496 e.